The number of pyridine rings is 1. The molecule has 0 radical (unpaired) electrons. The van der Waals surface area contributed by atoms with Crippen LogP contribution < -0.4 is 0 Å². The Labute approximate surface area is 77.4 Å². The lowest BCUT2D eigenvalue weighted by molar-refractivity contribution is -0.207. The predicted molar refractivity (Wildman–Crippen MR) is 48.0 cm³/mol. The van der Waals surface area contributed by atoms with Crippen molar-refractivity contribution in [2.24, 2.45) is 0 Å². The maximum atomic E-state index is 9.99. The number of hydrogen-bond acceptors (Lipinski definition) is 3. The topological polar surface area (TPSA) is 42.4 Å². The molecule has 13 heavy (non-hydrogen) atoms. The molecule has 0 saturated carbocycles. The summed E-state index contributed by atoms with van der Waals surface area (Å²) in [6, 6.07) is 3.90. The third kappa shape index (κ3) is 1.24. The van der Waals surface area contributed by atoms with Crippen LogP contribution in [0.2, 0.25) is 0 Å². The summed E-state index contributed by atoms with van der Waals surface area (Å²) in [6.45, 7) is 4.26. The second-order valence-electron chi connectivity index (χ2n) is 3.39. The molecule has 1 aliphatic heterocycles. The molecule has 1 aliphatic rings. The first-order chi connectivity index (χ1) is 6.15. The minimum absolute atomic E-state index is 0.465. The van der Waals surface area contributed by atoms with Gasteiger partial charge in [0.25, 0.3) is 0 Å². The fourth-order valence-electron chi connectivity index (χ4n) is 1.58. The normalized spacial score (nSPS) is 26.1. The Morgan fingerprint density at radius 1 is 1.62 bits per heavy atom. The van der Waals surface area contributed by atoms with Crippen LogP contribution >= 0.6 is 0 Å². The summed E-state index contributed by atoms with van der Waals surface area (Å²) in [6.07, 6.45) is 0.538. The third-order valence-electron chi connectivity index (χ3n) is 2.43. The first-order valence-corrected chi connectivity index (χ1v) is 4.49. The van der Waals surface area contributed by atoms with Crippen molar-refractivity contribution in [3.63, 3.8) is 0 Å². The highest BCUT2D eigenvalue weighted by molar-refractivity contribution is 5.28. The Bertz CT molecular complexity index is 338. The van der Waals surface area contributed by atoms with Crippen LogP contribution in [0, 0.1) is 6.92 Å². The van der Waals surface area contributed by atoms with Gasteiger partial charge in [-0.25, -0.2) is 0 Å². The Morgan fingerprint density at radius 2 is 2.38 bits per heavy atom. The van der Waals surface area contributed by atoms with E-state index < -0.39 is 5.79 Å². The van der Waals surface area contributed by atoms with Crippen molar-refractivity contribution in [2.45, 2.75) is 32.7 Å². The Balaban J connectivity index is 2.52. The van der Waals surface area contributed by atoms with E-state index in [1.807, 2.05) is 26.0 Å². The number of nitrogens with zero attached hydrogens (tertiary/aromatic N) is 1. The lowest BCUT2D eigenvalue weighted by atomic mass is 10.1. The van der Waals surface area contributed by atoms with Gasteiger partial charge in [-0.3, -0.25) is 4.98 Å². The van der Waals surface area contributed by atoms with Gasteiger partial charge < -0.3 is 9.84 Å². The molecule has 0 aliphatic carbocycles. The third-order valence-corrected chi connectivity index (χ3v) is 2.43. The molecule has 0 aromatic carbocycles. The highest BCUT2D eigenvalue weighted by Gasteiger charge is 2.37. The fourth-order valence-corrected chi connectivity index (χ4v) is 1.58. The highest BCUT2D eigenvalue weighted by Crippen LogP contribution is 2.35. The number of hydrogen-bond donors (Lipinski definition) is 1. The summed E-state index contributed by atoms with van der Waals surface area (Å²) in [5.74, 6) is -1.15. The van der Waals surface area contributed by atoms with Gasteiger partial charge in [0.1, 0.15) is 5.69 Å². The van der Waals surface area contributed by atoms with Gasteiger partial charge in [-0.1, -0.05) is 13.0 Å². The average molecular weight is 179 g/mol. The Morgan fingerprint density at radius 3 is 3.08 bits per heavy atom. The molecule has 2 heterocycles. The molecule has 0 fully saturated rings. The van der Waals surface area contributed by atoms with Crippen molar-refractivity contribution >= 4 is 0 Å². The SMILES string of the molecule is CCC1(O)OCc2ccc(C)nc21. The zero-order chi connectivity index (χ0) is 9.47. The van der Waals surface area contributed by atoms with E-state index >= 15 is 0 Å². The van der Waals surface area contributed by atoms with Gasteiger partial charge in [0.2, 0.25) is 5.79 Å². The second-order valence-corrected chi connectivity index (χ2v) is 3.39. The quantitative estimate of drug-likeness (QED) is 0.710. The molecule has 1 N–H and O–H groups in total. The Kier molecular flexibility index (Phi) is 1.86. The van der Waals surface area contributed by atoms with Gasteiger partial charge in [-0.05, 0) is 13.0 Å². The number of ether oxygens (including phenoxy) is 1. The van der Waals surface area contributed by atoms with Crippen molar-refractivity contribution < 1.29 is 9.84 Å². The summed E-state index contributed by atoms with van der Waals surface area (Å²) in [5.41, 5.74) is 2.60. The number of aryl methyl sites for hydroxylation is 1. The van der Waals surface area contributed by atoms with Crippen LogP contribution in [0.25, 0.3) is 0 Å². The van der Waals surface area contributed by atoms with Crippen molar-refractivity contribution in [3.8, 4) is 0 Å². The van der Waals surface area contributed by atoms with Gasteiger partial charge in [0.15, 0.2) is 0 Å². The molecule has 3 heteroatoms. The van der Waals surface area contributed by atoms with Crippen molar-refractivity contribution in [1.29, 1.82) is 0 Å². The summed E-state index contributed by atoms with van der Waals surface area (Å²) >= 11 is 0. The summed E-state index contributed by atoms with van der Waals surface area (Å²) in [5, 5.41) is 9.99. The number of aliphatic hydroxyl groups is 1. The van der Waals surface area contributed by atoms with E-state index in [2.05, 4.69) is 4.98 Å². The molecule has 0 spiro atoms. The zero-order valence-corrected chi connectivity index (χ0v) is 7.87. The number of rotatable bonds is 1. The molecule has 0 saturated heterocycles. The van der Waals surface area contributed by atoms with Crippen LogP contribution in [0.5, 0.6) is 0 Å². The highest BCUT2D eigenvalue weighted by atomic mass is 16.6. The monoisotopic (exact) mass is 179 g/mol. The molecule has 1 unspecified atom stereocenters. The summed E-state index contributed by atoms with van der Waals surface area (Å²) in [4.78, 5) is 4.30. The maximum absolute atomic E-state index is 9.99. The molecule has 0 amide bonds. The van der Waals surface area contributed by atoms with Gasteiger partial charge in [0, 0.05) is 17.7 Å². The largest absolute Gasteiger partial charge is 0.361 e. The van der Waals surface area contributed by atoms with Crippen LogP contribution in [0.15, 0.2) is 12.1 Å². The van der Waals surface area contributed by atoms with E-state index in [0.717, 1.165) is 11.3 Å². The smallest absolute Gasteiger partial charge is 0.210 e. The van der Waals surface area contributed by atoms with Crippen LogP contribution in [0.3, 0.4) is 0 Å². The second kappa shape index (κ2) is 2.79. The first-order valence-electron chi connectivity index (χ1n) is 4.49. The van der Waals surface area contributed by atoms with Crippen LogP contribution in [-0.2, 0) is 17.1 Å². The molecule has 1 atom stereocenters. The van der Waals surface area contributed by atoms with Crippen molar-refractivity contribution in [2.75, 3.05) is 0 Å². The van der Waals surface area contributed by atoms with E-state index in [0.29, 0.717) is 18.7 Å². The molecule has 1 aromatic heterocycles. The minimum atomic E-state index is -1.15. The average Bonchev–Trinajstić information content (AvgIpc) is 2.45. The lowest BCUT2D eigenvalue weighted by Crippen LogP contribution is -2.24. The van der Waals surface area contributed by atoms with Gasteiger partial charge in [-0.15, -0.1) is 0 Å². The van der Waals surface area contributed by atoms with Gasteiger partial charge >= 0.3 is 0 Å². The molecule has 1 aromatic rings. The lowest BCUT2D eigenvalue weighted by Gasteiger charge is -2.19. The summed E-state index contributed by atoms with van der Waals surface area (Å²) in [7, 11) is 0. The molecule has 2 rings (SSSR count). The van der Waals surface area contributed by atoms with Crippen molar-refractivity contribution in [1.82, 2.24) is 4.98 Å². The van der Waals surface area contributed by atoms with Crippen LogP contribution in [-0.4, -0.2) is 10.1 Å². The maximum Gasteiger partial charge on any atom is 0.210 e. The van der Waals surface area contributed by atoms with E-state index in [9.17, 15) is 5.11 Å². The molecule has 3 nitrogen and oxygen atoms in total. The molecular weight excluding hydrogens is 166 g/mol. The zero-order valence-electron chi connectivity index (χ0n) is 7.87. The standard InChI is InChI=1S/C10H13NO2/c1-3-10(12)9-8(6-13-10)5-4-7(2)11-9/h4-5,12H,3,6H2,1-2H3. The minimum Gasteiger partial charge on any atom is -0.361 e. The first kappa shape index (κ1) is 8.66. The van der Waals surface area contributed by atoms with Gasteiger partial charge in [-0.2, -0.15) is 0 Å². The van der Waals surface area contributed by atoms with Crippen LogP contribution in [0.4, 0.5) is 0 Å². The molecular formula is C10H13NO2. The van der Waals surface area contributed by atoms with Crippen molar-refractivity contribution in [3.05, 3.63) is 29.1 Å². The van der Waals surface area contributed by atoms with E-state index in [1.165, 1.54) is 0 Å². The van der Waals surface area contributed by atoms with Gasteiger partial charge in [0.05, 0.1) is 6.61 Å². The molecule has 70 valence electrons. The molecule has 0 bridgehead atoms. The van der Waals surface area contributed by atoms with E-state index in [-0.39, 0.29) is 0 Å². The summed E-state index contributed by atoms with van der Waals surface area (Å²) < 4.78 is 5.31. The number of fused-ring (bicyclic) bond motifs is 1. The van der Waals surface area contributed by atoms with Crippen LogP contribution in [0.1, 0.15) is 30.3 Å². The fraction of sp³-hybridized carbons (Fsp3) is 0.500. The van der Waals surface area contributed by atoms with E-state index in [4.69, 9.17) is 4.74 Å². The Hall–Kier alpha value is -0.930. The number of aromatic nitrogens is 1. The van der Waals surface area contributed by atoms with E-state index in [1.54, 1.807) is 0 Å². The predicted octanol–water partition coefficient (Wildman–Crippen LogP) is 1.48.